The summed E-state index contributed by atoms with van der Waals surface area (Å²) in [7, 11) is 0.779. The molecule has 0 amide bonds. The van der Waals surface area contributed by atoms with Crippen molar-refractivity contribution in [3.63, 3.8) is 0 Å². The van der Waals surface area contributed by atoms with Gasteiger partial charge < -0.3 is 5.32 Å². The number of aromatic nitrogens is 2. The van der Waals surface area contributed by atoms with Crippen LogP contribution in [-0.4, -0.2) is 48.9 Å². The highest BCUT2D eigenvalue weighted by Crippen LogP contribution is 2.28. The fraction of sp³-hybridized carbons (Fsp3) is 0.769. The molecule has 1 aliphatic heterocycles. The standard InChI is InChI=1S/C13H24N4O2S/c1-14-13(12-8-15-16(2)10-12)7-11-5-4-6-17(9-11)20(3,18)19/h8,10-11,13-14H,4-7,9H2,1-3H3. The van der Waals surface area contributed by atoms with Crippen molar-refractivity contribution in [3.05, 3.63) is 18.0 Å². The van der Waals surface area contributed by atoms with E-state index in [0.717, 1.165) is 24.8 Å². The molecular weight excluding hydrogens is 276 g/mol. The predicted molar refractivity (Wildman–Crippen MR) is 78.8 cm³/mol. The molecule has 1 fully saturated rings. The first kappa shape index (κ1) is 15.5. The highest BCUT2D eigenvalue weighted by molar-refractivity contribution is 7.88. The monoisotopic (exact) mass is 300 g/mol. The molecule has 0 saturated carbocycles. The third kappa shape index (κ3) is 3.80. The number of nitrogens with zero attached hydrogens (tertiary/aromatic N) is 3. The Morgan fingerprint density at radius 2 is 2.30 bits per heavy atom. The van der Waals surface area contributed by atoms with Crippen LogP contribution in [0.15, 0.2) is 12.4 Å². The van der Waals surface area contributed by atoms with Crippen LogP contribution < -0.4 is 5.32 Å². The molecule has 6 nitrogen and oxygen atoms in total. The first-order valence-corrected chi connectivity index (χ1v) is 8.86. The molecule has 2 rings (SSSR count). The summed E-state index contributed by atoms with van der Waals surface area (Å²) in [6, 6.07) is 0.230. The van der Waals surface area contributed by atoms with Crippen LogP contribution in [0.25, 0.3) is 0 Å². The molecule has 0 spiro atoms. The van der Waals surface area contributed by atoms with Gasteiger partial charge >= 0.3 is 0 Å². The summed E-state index contributed by atoms with van der Waals surface area (Å²) in [6.45, 7) is 1.30. The van der Waals surface area contributed by atoms with Crippen LogP contribution in [0.3, 0.4) is 0 Å². The number of sulfonamides is 1. The molecule has 0 aromatic carbocycles. The molecule has 2 unspecified atom stereocenters. The number of rotatable bonds is 5. The Morgan fingerprint density at radius 1 is 1.55 bits per heavy atom. The zero-order valence-corrected chi connectivity index (χ0v) is 13.2. The van der Waals surface area contributed by atoms with E-state index in [1.165, 1.54) is 6.26 Å². The summed E-state index contributed by atoms with van der Waals surface area (Å²) in [5.41, 5.74) is 1.16. The van der Waals surface area contributed by atoms with Crippen molar-refractivity contribution in [2.75, 3.05) is 26.4 Å². The molecule has 1 N–H and O–H groups in total. The summed E-state index contributed by atoms with van der Waals surface area (Å²) >= 11 is 0. The number of nitrogens with one attached hydrogen (secondary N) is 1. The van der Waals surface area contributed by atoms with Gasteiger partial charge in [0.2, 0.25) is 10.0 Å². The molecule has 20 heavy (non-hydrogen) atoms. The van der Waals surface area contributed by atoms with Gasteiger partial charge in [0.05, 0.1) is 12.5 Å². The van der Waals surface area contributed by atoms with E-state index in [4.69, 9.17) is 0 Å². The topological polar surface area (TPSA) is 67.2 Å². The van der Waals surface area contributed by atoms with E-state index in [9.17, 15) is 8.42 Å². The van der Waals surface area contributed by atoms with Crippen molar-refractivity contribution in [2.24, 2.45) is 13.0 Å². The van der Waals surface area contributed by atoms with E-state index in [1.807, 2.05) is 26.5 Å². The first-order chi connectivity index (χ1) is 9.40. The molecule has 1 aromatic heterocycles. The molecule has 1 aliphatic rings. The summed E-state index contributed by atoms with van der Waals surface area (Å²) in [5, 5.41) is 7.51. The zero-order valence-electron chi connectivity index (χ0n) is 12.4. The maximum absolute atomic E-state index is 11.7. The fourth-order valence-electron chi connectivity index (χ4n) is 2.89. The molecule has 0 bridgehead atoms. The van der Waals surface area contributed by atoms with Crippen LogP contribution in [0.5, 0.6) is 0 Å². The van der Waals surface area contributed by atoms with E-state index >= 15 is 0 Å². The molecular formula is C13H24N4O2S. The van der Waals surface area contributed by atoms with Gasteiger partial charge in [-0.3, -0.25) is 4.68 Å². The number of hydrogen-bond donors (Lipinski definition) is 1. The van der Waals surface area contributed by atoms with Gasteiger partial charge in [-0.15, -0.1) is 0 Å². The summed E-state index contributed by atoms with van der Waals surface area (Å²) in [6.07, 6.45) is 8.16. The second-order valence-corrected chi connectivity index (χ2v) is 7.64. The lowest BCUT2D eigenvalue weighted by Gasteiger charge is -2.32. The lowest BCUT2D eigenvalue weighted by molar-refractivity contribution is 0.240. The molecule has 114 valence electrons. The fourth-order valence-corrected chi connectivity index (χ4v) is 3.84. The summed E-state index contributed by atoms with van der Waals surface area (Å²) < 4.78 is 26.7. The van der Waals surface area contributed by atoms with Gasteiger partial charge in [-0.1, -0.05) is 0 Å². The molecule has 0 aliphatic carbocycles. The maximum atomic E-state index is 11.7. The van der Waals surface area contributed by atoms with Crippen LogP contribution in [0.1, 0.15) is 30.9 Å². The third-order valence-electron chi connectivity index (χ3n) is 4.00. The van der Waals surface area contributed by atoms with Crippen LogP contribution in [-0.2, 0) is 17.1 Å². The molecule has 1 aromatic rings. The Bertz CT molecular complexity index is 540. The quantitative estimate of drug-likeness (QED) is 0.871. The molecule has 0 radical (unpaired) electrons. The van der Waals surface area contributed by atoms with Crippen molar-refractivity contribution in [3.8, 4) is 0 Å². The van der Waals surface area contributed by atoms with Crippen LogP contribution in [0.4, 0.5) is 0 Å². The number of aryl methyl sites for hydroxylation is 1. The Kier molecular flexibility index (Phi) is 4.82. The molecule has 2 atom stereocenters. The Balaban J connectivity index is 2.01. The molecule has 7 heteroatoms. The van der Waals surface area contributed by atoms with Gasteiger partial charge in [0.15, 0.2) is 0 Å². The highest BCUT2D eigenvalue weighted by Gasteiger charge is 2.28. The second-order valence-electron chi connectivity index (χ2n) is 5.65. The first-order valence-electron chi connectivity index (χ1n) is 7.01. The number of piperidine rings is 1. The largest absolute Gasteiger partial charge is 0.313 e. The minimum atomic E-state index is -3.07. The van der Waals surface area contributed by atoms with Gasteiger partial charge in [0, 0.05) is 37.9 Å². The predicted octanol–water partition coefficient (Wildman–Crippen LogP) is 0.742. The highest BCUT2D eigenvalue weighted by atomic mass is 32.2. The Morgan fingerprint density at radius 3 is 2.85 bits per heavy atom. The Labute approximate surface area is 121 Å². The Hall–Kier alpha value is -0.920. The van der Waals surface area contributed by atoms with E-state index in [-0.39, 0.29) is 6.04 Å². The lowest BCUT2D eigenvalue weighted by Crippen LogP contribution is -2.40. The summed E-state index contributed by atoms with van der Waals surface area (Å²) in [5.74, 6) is 0.399. The summed E-state index contributed by atoms with van der Waals surface area (Å²) in [4.78, 5) is 0. The SMILES string of the molecule is CNC(CC1CCCN(S(C)(=O)=O)C1)c1cnn(C)c1. The van der Waals surface area contributed by atoms with E-state index < -0.39 is 10.0 Å². The number of hydrogen-bond acceptors (Lipinski definition) is 4. The van der Waals surface area contributed by atoms with E-state index in [1.54, 1.807) is 8.99 Å². The van der Waals surface area contributed by atoms with Gasteiger partial charge in [-0.05, 0) is 32.2 Å². The average Bonchev–Trinajstić information content (AvgIpc) is 2.82. The van der Waals surface area contributed by atoms with Crippen LogP contribution in [0.2, 0.25) is 0 Å². The van der Waals surface area contributed by atoms with Gasteiger partial charge in [0.1, 0.15) is 0 Å². The van der Waals surface area contributed by atoms with Crippen LogP contribution >= 0.6 is 0 Å². The van der Waals surface area contributed by atoms with Gasteiger partial charge in [0.25, 0.3) is 0 Å². The van der Waals surface area contributed by atoms with E-state index in [0.29, 0.717) is 19.0 Å². The van der Waals surface area contributed by atoms with Crippen molar-refractivity contribution < 1.29 is 8.42 Å². The second kappa shape index (κ2) is 6.24. The van der Waals surface area contributed by atoms with E-state index in [2.05, 4.69) is 10.4 Å². The van der Waals surface area contributed by atoms with Crippen molar-refractivity contribution in [1.29, 1.82) is 0 Å². The zero-order chi connectivity index (χ0) is 14.8. The molecule has 2 heterocycles. The average molecular weight is 300 g/mol. The minimum absolute atomic E-state index is 0.230. The molecule has 1 saturated heterocycles. The minimum Gasteiger partial charge on any atom is -0.313 e. The van der Waals surface area contributed by atoms with Gasteiger partial charge in [-0.2, -0.15) is 5.10 Å². The normalized spacial score (nSPS) is 22.9. The van der Waals surface area contributed by atoms with Crippen molar-refractivity contribution >= 4 is 10.0 Å². The van der Waals surface area contributed by atoms with Crippen molar-refractivity contribution in [2.45, 2.75) is 25.3 Å². The smallest absolute Gasteiger partial charge is 0.211 e. The lowest BCUT2D eigenvalue weighted by atomic mass is 9.90. The van der Waals surface area contributed by atoms with Crippen LogP contribution in [0, 0.1) is 5.92 Å². The third-order valence-corrected chi connectivity index (χ3v) is 5.27. The van der Waals surface area contributed by atoms with Gasteiger partial charge in [-0.25, -0.2) is 12.7 Å². The van der Waals surface area contributed by atoms with Crippen molar-refractivity contribution in [1.82, 2.24) is 19.4 Å². The maximum Gasteiger partial charge on any atom is 0.211 e.